The second-order valence-corrected chi connectivity index (χ2v) is 3.85. The molecule has 3 heteroatoms. The fourth-order valence-corrected chi connectivity index (χ4v) is 1.79. The van der Waals surface area contributed by atoms with E-state index in [4.69, 9.17) is 11.0 Å². The lowest BCUT2D eigenvalue weighted by Gasteiger charge is -2.38. The highest BCUT2D eigenvalue weighted by Gasteiger charge is 2.34. The molecule has 1 fully saturated rings. The van der Waals surface area contributed by atoms with Crippen LogP contribution in [0.1, 0.15) is 30.4 Å². The first-order valence-corrected chi connectivity index (χ1v) is 4.64. The van der Waals surface area contributed by atoms with E-state index in [1.54, 1.807) is 6.07 Å². The molecule has 2 nitrogen and oxygen atoms in total. The molecule has 2 rings (SSSR count). The summed E-state index contributed by atoms with van der Waals surface area (Å²) in [5, 5.41) is 8.69. The fraction of sp³-hybridized carbons (Fsp3) is 0.364. The highest BCUT2D eigenvalue weighted by molar-refractivity contribution is 5.37. The Morgan fingerprint density at radius 3 is 2.57 bits per heavy atom. The predicted molar refractivity (Wildman–Crippen MR) is 50.8 cm³/mol. The van der Waals surface area contributed by atoms with Crippen molar-refractivity contribution >= 4 is 0 Å². The Balaban J connectivity index is 2.44. The molecule has 72 valence electrons. The zero-order valence-corrected chi connectivity index (χ0v) is 7.76. The number of halogens is 1. The maximum atomic E-state index is 13.1. The van der Waals surface area contributed by atoms with Crippen LogP contribution in [0.2, 0.25) is 0 Å². The van der Waals surface area contributed by atoms with E-state index in [1.165, 1.54) is 12.1 Å². The lowest BCUT2D eigenvalue weighted by Crippen LogP contribution is -2.43. The molecule has 1 aromatic rings. The minimum Gasteiger partial charge on any atom is -0.321 e. The molecular formula is C11H11FN2. The van der Waals surface area contributed by atoms with E-state index in [0.29, 0.717) is 5.56 Å². The topological polar surface area (TPSA) is 49.8 Å². The maximum Gasteiger partial charge on any atom is 0.124 e. The van der Waals surface area contributed by atoms with Gasteiger partial charge in [-0.2, -0.15) is 5.26 Å². The van der Waals surface area contributed by atoms with E-state index in [9.17, 15) is 4.39 Å². The minimum absolute atomic E-state index is 0.344. The summed E-state index contributed by atoms with van der Waals surface area (Å²) in [4.78, 5) is 0. The lowest BCUT2D eigenvalue weighted by molar-refractivity contribution is 0.253. The third-order valence-corrected chi connectivity index (χ3v) is 2.85. The van der Waals surface area contributed by atoms with Crippen molar-refractivity contribution in [2.24, 2.45) is 5.73 Å². The van der Waals surface area contributed by atoms with Gasteiger partial charge in [-0.05, 0) is 43.0 Å². The van der Waals surface area contributed by atoms with Crippen molar-refractivity contribution in [1.82, 2.24) is 0 Å². The second-order valence-electron chi connectivity index (χ2n) is 3.85. The standard InChI is InChI=1S/C11H11FN2/c12-10-5-8(7-13)4-9(6-10)11(14)2-1-3-11/h4-6H,1-3,14H2. The Labute approximate surface area is 82.1 Å². The van der Waals surface area contributed by atoms with Gasteiger partial charge in [0.15, 0.2) is 0 Å². The average Bonchev–Trinajstić information content (AvgIpc) is 2.13. The molecule has 0 aromatic heterocycles. The number of hydrogen-bond donors (Lipinski definition) is 1. The summed E-state index contributed by atoms with van der Waals surface area (Å²) in [6.45, 7) is 0. The van der Waals surface area contributed by atoms with Crippen LogP contribution in [-0.2, 0) is 5.54 Å². The van der Waals surface area contributed by atoms with Crippen LogP contribution >= 0.6 is 0 Å². The highest BCUT2D eigenvalue weighted by Crippen LogP contribution is 2.39. The van der Waals surface area contributed by atoms with Gasteiger partial charge in [-0.3, -0.25) is 0 Å². The highest BCUT2D eigenvalue weighted by atomic mass is 19.1. The molecule has 0 unspecified atom stereocenters. The molecule has 0 heterocycles. The molecule has 1 aliphatic rings. The molecule has 0 saturated heterocycles. The Hall–Kier alpha value is -1.40. The van der Waals surface area contributed by atoms with E-state index >= 15 is 0 Å². The van der Waals surface area contributed by atoms with Gasteiger partial charge in [-0.1, -0.05) is 0 Å². The molecule has 14 heavy (non-hydrogen) atoms. The van der Waals surface area contributed by atoms with E-state index < -0.39 is 5.54 Å². The van der Waals surface area contributed by atoms with Crippen LogP contribution in [0.25, 0.3) is 0 Å². The molecule has 0 radical (unpaired) electrons. The lowest BCUT2D eigenvalue weighted by atomic mass is 9.72. The molecule has 1 aliphatic carbocycles. The number of benzene rings is 1. The number of rotatable bonds is 1. The van der Waals surface area contributed by atoms with Crippen molar-refractivity contribution in [3.05, 3.63) is 35.1 Å². The molecule has 0 atom stereocenters. The van der Waals surface area contributed by atoms with Crippen molar-refractivity contribution in [2.75, 3.05) is 0 Å². The van der Waals surface area contributed by atoms with Crippen molar-refractivity contribution in [3.63, 3.8) is 0 Å². The first-order valence-electron chi connectivity index (χ1n) is 4.64. The quantitative estimate of drug-likeness (QED) is 0.736. The van der Waals surface area contributed by atoms with Crippen molar-refractivity contribution in [2.45, 2.75) is 24.8 Å². The van der Waals surface area contributed by atoms with Gasteiger partial charge in [0.1, 0.15) is 5.82 Å². The van der Waals surface area contributed by atoms with Crippen LogP contribution in [0.5, 0.6) is 0 Å². The van der Waals surface area contributed by atoms with Crippen LogP contribution in [-0.4, -0.2) is 0 Å². The zero-order chi connectivity index (χ0) is 10.2. The fourth-order valence-electron chi connectivity index (χ4n) is 1.79. The second kappa shape index (κ2) is 3.07. The summed E-state index contributed by atoms with van der Waals surface area (Å²) in [6, 6.07) is 6.27. The van der Waals surface area contributed by atoms with Gasteiger partial charge in [-0.25, -0.2) is 4.39 Å². The summed E-state index contributed by atoms with van der Waals surface area (Å²) in [7, 11) is 0. The van der Waals surface area contributed by atoms with Crippen molar-refractivity contribution in [3.8, 4) is 6.07 Å². The third kappa shape index (κ3) is 1.38. The summed E-state index contributed by atoms with van der Waals surface area (Å²) in [6.07, 6.45) is 2.83. The number of nitrogens with zero attached hydrogens (tertiary/aromatic N) is 1. The van der Waals surface area contributed by atoms with Crippen LogP contribution in [0.15, 0.2) is 18.2 Å². The molecule has 0 spiro atoms. The van der Waals surface area contributed by atoms with Gasteiger partial charge < -0.3 is 5.73 Å². The molecule has 1 aromatic carbocycles. The third-order valence-electron chi connectivity index (χ3n) is 2.85. The van der Waals surface area contributed by atoms with Gasteiger partial charge in [0, 0.05) is 5.54 Å². The Kier molecular flexibility index (Phi) is 2.01. The van der Waals surface area contributed by atoms with Crippen molar-refractivity contribution in [1.29, 1.82) is 5.26 Å². The summed E-state index contributed by atoms with van der Waals surface area (Å²) < 4.78 is 13.1. The predicted octanol–water partition coefficient (Wildman–Crippen LogP) is 2.04. The Bertz CT molecular complexity index is 402. The number of nitriles is 1. The Morgan fingerprint density at radius 1 is 1.36 bits per heavy atom. The molecule has 0 aliphatic heterocycles. The van der Waals surface area contributed by atoms with E-state index in [1.807, 2.05) is 6.07 Å². The summed E-state index contributed by atoms with van der Waals surface area (Å²) >= 11 is 0. The van der Waals surface area contributed by atoms with Crippen LogP contribution in [0, 0.1) is 17.1 Å². The first kappa shape index (κ1) is 9.17. The number of nitrogens with two attached hydrogens (primary N) is 1. The van der Waals surface area contributed by atoms with E-state index in [2.05, 4.69) is 0 Å². The molecule has 2 N–H and O–H groups in total. The largest absolute Gasteiger partial charge is 0.321 e. The van der Waals surface area contributed by atoms with Crippen LogP contribution in [0.3, 0.4) is 0 Å². The average molecular weight is 190 g/mol. The normalized spacial score (nSPS) is 18.4. The molecule has 1 saturated carbocycles. The molecule has 0 bridgehead atoms. The molecule has 0 amide bonds. The first-order chi connectivity index (χ1) is 6.64. The number of hydrogen-bond acceptors (Lipinski definition) is 2. The van der Waals surface area contributed by atoms with E-state index in [0.717, 1.165) is 24.8 Å². The smallest absolute Gasteiger partial charge is 0.124 e. The van der Waals surface area contributed by atoms with Gasteiger partial charge >= 0.3 is 0 Å². The minimum atomic E-state index is -0.395. The van der Waals surface area contributed by atoms with Crippen molar-refractivity contribution < 1.29 is 4.39 Å². The van der Waals surface area contributed by atoms with Crippen LogP contribution in [0.4, 0.5) is 4.39 Å². The maximum absolute atomic E-state index is 13.1. The van der Waals surface area contributed by atoms with E-state index in [-0.39, 0.29) is 5.82 Å². The van der Waals surface area contributed by atoms with Gasteiger partial charge in [0.2, 0.25) is 0 Å². The monoisotopic (exact) mass is 190 g/mol. The summed E-state index contributed by atoms with van der Waals surface area (Å²) in [5.41, 5.74) is 6.74. The van der Waals surface area contributed by atoms with Gasteiger partial charge in [-0.15, -0.1) is 0 Å². The van der Waals surface area contributed by atoms with Crippen LogP contribution < -0.4 is 5.73 Å². The zero-order valence-electron chi connectivity index (χ0n) is 7.76. The van der Waals surface area contributed by atoms with Gasteiger partial charge in [0.25, 0.3) is 0 Å². The Morgan fingerprint density at radius 2 is 2.07 bits per heavy atom. The summed E-state index contributed by atoms with van der Waals surface area (Å²) in [5.74, 6) is -0.379. The molecular weight excluding hydrogens is 179 g/mol. The van der Waals surface area contributed by atoms with Gasteiger partial charge in [0.05, 0.1) is 11.6 Å². The SMILES string of the molecule is N#Cc1cc(F)cc(C2(N)CCC2)c1.